The molecule has 7 nitrogen and oxygen atoms in total. The zero-order valence-electron chi connectivity index (χ0n) is 13.7. The van der Waals surface area contributed by atoms with Gasteiger partial charge in [0.25, 0.3) is 0 Å². The summed E-state index contributed by atoms with van der Waals surface area (Å²) in [6.07, 6.45) is 0. The fourth-order valence-electron chi connectivity index (χ4n) is 2.13. The number of thioether (sulfide) groups is 1. The van der Waals surface area contributed by atoms with Crippen molar-refractivity contribution >= 4 is 45.1 Å². The van der Waals surface area contributed by atoms with Crippen LogP contribution in [0.15, 0.2) is 58.2 Å². The highest BCUT2D eigenvalue weighted by Crippen LogP contribution is 2.20. The van der Waals surface area contributed by atoms with Gasteiger partial charge in [0, 0.05) is 15.7 Å². The topological polar surface area (TPSA) is 89.8 Å². The number of ketones is 1. The maximum Gasteiger partial charge on any atom is 0.234 e. The molecule has 0 fully saturated rings. The summed E-state index contributed by atoms with van der Waals surface area (Å²) in [6, 6.07) is 14.3. The van der Waals surface area contributed by atoms with Gasteiger partial charge < -0.3 is 5.32 Å². The minimum Gasteiger partial charge on any atom is -0.325 e. The molecule has 1 N–H and O–H groups in total. The van der Waals surface area contributed by atoms with E-state index in [2.05, 4.69) is 36.8 Å². The largest absolute Gasteiger partial charge is 0.325 e. The van der Waals surface area contributed by atoms with Crippen molar-refractivity contribution in [1.29, 1.82) is 0 Å². The van der Waals surface area contributed by atoms with E-state index < -0.39 is 0 Å². The number of aromatic nitrogens is 4. The summed E-state index contributed by atoms with van der Waals surface area (Å²) in [5, 5.41) is 14.9. The molecule has 3 rings (SSSR count). The molecule has 0 aliphatic carbocycles. The van der Waals surface area contributed by atoms with Crippen molar-refractivity contribution in [3.8, 4) is 5.69 Å². The summed E-state index contributed by atoms with van der Waals surface area (Å²) in [7, 11) is 0. The maximum atomic E-state index is 12.1. The Morgan fingerprint density at radius 3 is 2.46 bits per heavy atom. The van der Waals surface area contributed by atoms with Crippen molar-refractivity contribution in [3.05, 3.63) is 58.6 Å². The molecule has 0 spiro atoms. The summed E-state index contributed by atoms with van der Waals surface area (Å²) >= 11 is 4.62. The lowest BCUT2D eigenvalue weighted by molar-refractivity contribution is -0.113. The van der Waals surface area contributed by atoms with Gasteiger partial charge in [-0.1, -0.05) is 27.7 Å². The SMILES string of the molecule is CC(=O)c1ccc(NC(=O)CSc2nnnn2-c2ccc(Br)cc2)cc1. The summed E-state index contributed by atoms with van der Waals surface area (Å²) in [4.78, 5) is 23.4. The van der Waals surface area contributed by atoms with Gasteiger partial charge in [-0.15, -0.1) is 5.10 Å². The van der Waals surface area contributed by atoms with Crippen molar-refractivity contribution in [2.45, 2.75) is 12.1 Å². The second kappa shape index (κ2) is 8.24. The third-order valence-corrected chi connectivity index (χ3v) is 4.87. The number of rotatable bonds is 6. The van der Waals surface area contributed by atoms with Gasteiger partial charge in [0.2, 0.25) is 11.1 Å². The quantitative estimate of drug-likeness (QED) is 0.475. The van der Waals surface area contributed by atoms with E-state index in [-0.39, 0.29) is 17.4 Å². The van der Waals surface area contributed by atoms with Gasteiger partial charge >= 0.3 is 0 Å². The summed E-state index contributed by atoms with van der Waals surface area (Å²) in [5.74, 6) is -0.0418. The van der Waals surface area contributed by atoms with Gasteiger partial charge in [-0.05, 0) is 65.9 Å². The lowest BCUT2D eigenvalue weighted by Gasteiger charge is -2.06. The monoisotopic (exact) mass is 431 g/mol. The zero-order valence-corrected chi connectivity index (χ0v) is 16.1. The first-order chi connectivity index (χ1) is 12.5. The predicted molar refractivity (Wildman–Crippen MR) is 103 cm³/mol. The van der Waals surface area contributed by atoms with Crippen molar-refractivity contribution in [2.75, 3.05) is 11.1 Å². The molecule has 1 heterocycles. The molecular weight excluding hydrogens is 418 g/mol. The summed E-state index contributed by atoms with van der Waals surface area (Å²) in [6.45, 7) is 1.50. The zero-order chi connectivity index (χ0) is 18.5. The number of anilines is 1. The van der Waals surface area contributed by atoms with E-state index in [1.807, 2.05) is 24.3 Å². The smallest absolute Gasteiger partial charge is 0.234 e. The molecule has 0 saturated heterocycles. The number of carbonyl (C=O) groups is 2. The van der Waals surface area contributed by atoms with E-state index in [9.17, 15) is 9.59 Å². The number of hydrogen-bond donors (Lipinski definition) is 1. The molecule has 0 bridgehead atoms. The van der Waals surface area contributed by atoms with Gasteiger partial charge in [0.15, 0.2) is 5.78 Å². The molecule has 3 aromatic rings. The van der Waals surface area contributed by atoms with Crippen LogP contribution in [0.2, 0.25) is 0 Å². The fraction of sp³-hybridized carbons (Fsp3) is 0.118. The molecule has 0 aliphatic rings. The van der Waals surface area contributed by atoms with Crippen molar-refractivity contribution in [1.82, 2.24) is 20.2 Å². The second-order valence-electron chi connectivity index (χ2n) is 5.32. The van der Waals surface area contributed by atoms with Gasteiger partial charge in [0.1, 0.15) is 0 Å². The van der Waals surface area contributed by atoms with Crippen LogP contribution >= 0.6 is 27.7 Å². The summed E-state index contributed by atoms with van der Waals surface area (Å²) in [5.41, 5.74) is 2.04. The number of nitrogens with zero attached hydrogens (tertiary/aromatic N) is 4. The maximum absolute atomic E-state index is 12.1. The van der Waals surface area contributed by atoms with Gasteiger partial charge in [-0.25, -0.2) is 0 Å². The van der Waals surface area contributed by atoms with Crippen LogP contribution in [0.25, 0.3) is 5.69 Å². The average Bonchev–Trinajstić information content (AvgIpc) is 3.09. The van der Waals surface area contributed by atoms with Crippen LogP contribution < -0.4 is 5.32 Å². The van der Waals surface area contributed by atoms with Crippen molar-refractivity contribution in [2.24, 2.45) is 0 Å². The Morgan fingerprint density at radius 1 is 1.12 bits per heavy atom. The number of benzene rings is 2. The molecule has 0 atom stereocenters. The molecule has 2 aromatic carbocycles. The van der Waals surface area contributed by atoms with Crippen LogP contribution in [0.5, 0.6) is 0 Å². The van der Waals surface area contributed by atoms with E-state index in [1.165, 1.54) is 18.7 Å². The van der Waals surface area contributed by atoms with Crippen molar-refractivity contribution < 1.29 is 9.59 Å². The first-order valence-corrected chi connectivity index (χ1v) is 9.39. The minimum atomic E-state index is -0.184. The van der Waals surface area contributed by atoms with Gasteiger partial charge in [-0.2, -0.15) is 4.68 Å². The van der Waals surface area contributed by atoms with E-state index in [4.69, 9.17) is 0 Å². The predicted octanol–water partition coefficient (Wildman–Crippen LogP) is 3.36. The Kier molecular flexibility index (Phi) is 5.79. The average molecular weight is 432 g/mol. The molecule has 0 unspecified atom stereocenters. The molecule has 1 aromatic heterocycles. The number of hydrogen-bond acceptors (Lipinski definition) is 6. The molecule has 132 valence electrons. The number of Topliss-reactive ketones (excluding diaryl/α,β-unsaturated/α-hetero) is 1. The standard InChI is InChI=1S/C17H14BrN5O2S/c1-11(24)12-2-6-14(7-3-12)19-16(25)10-26-17-20-21-22-23(17)15-8-4-13(18)5-9-15/h2-9H,10H2,1H3,(H,19,25). The Hall–Kier alpha value is -2.52. The molecule has 9 heteroatoms. The number of tetrazole rings is 1. The molecule has 1 amide bonds. The van der Waals surface area contributed by atoms with Crippen LogP contribution in [-0.2, 0) is 4.79 Å². The number of nitrogens with one attached hydrogen (secondary N) is 1. The lowest BCUT2D eigenvalue weighted by atomic mass is 10.1. The van der Waals surface area contributed by atoms with Crippen LogP contribution in [0.4, 0.5) is 5.69 Å². The Morgan fingerprint density at radius 2 is 1.81 bits per heavy atom. The van der Waals surface area contributed by atoms with Crippen LogP contribution in [0, 0.1) is 0 Å². The molecule has 0 saturated carbocycles. The van der Waals surface area contributed by atoms with E-state index in [1.54, 1.807) is 28.9 Å². The van der Waals surface area contributed by atoms with E-state index in [0.29, 0.717) is 16.4 Å². The Balaban J connectivity index is 1.61. The number of carbonyl (C=O) groups excluding carboxylic acids is 2. The minimum absolute atomic E-state index is 0.0155. The van der Waals surface area contributed by atoms with Crippen molar-refractivity contribution in [3.63, 3.8) is 0 Å². The normalized spacial score (nSPS) is 10.5. The lowest BCUT2D eigenvalue weighted by Crippen LogP contribution is -2.14. The van der Waals surface area contributed by atoms with Gasteiger partial charge in [-0.3, -0.25) is 9.59 Å². The Labute approximate surface area is 162 Å². The third-order valence-electron chi connectivity index (χ3n) is 3.42. The first kappa shape index (κ1) is 18.3. The van der Waals surface area contributed by atoms with Crippen LogP contribution in [0.1, 0.15) is 17.3 Å². The van der Waals surface area contributed by atoms with Crippen LogP contribution in [-0.4, -0.2) is 37.7 Å². The number of amides is 1. The highest BCUT2D eigenvalue weighted by atomic mass is 79.9. The Bertz CT molecular complexity index is 925. The highest BCUT2D eigenvalue weighted by molar-refractivity contribution is 9.10. The van der Waals surface area contributed by atoms with E-state index >= 15 is 0 Å². The number of halogens is 1. The van der Waals surface area contributed by atoms with E-state index in [0.717, 1.165) is 10.2 Å². The molecular formula is C17H14BrN5O2S. The molecule has 26 heavy (non-hydrogen) atoms. The molecule has 0 aliphatic heterocycles. The van der Waals surface area contributed by atoms with Crippen LogP contribution in [0.3, 0.4) is 0 Å². The first-order valence-electron chi connectivity index (χ1n) is 7.61. The highest BCUT2D eigenvalue weighted by Gasteiger charge is 2.12. The summed E-state index contributed by atoms with van der Waals surface area (Å²) < 4.78 is 2.53. The van der Waals surface area contributed by atoms with Gasteiger partial charge in [0.05, 0.1) is 11.4 Å². The second-order valence-corrected chi connectivity index (χ2v) is 7.18. The fourth-order valence-corrected chi connectivity index (χ4v) is 3.08. The third kappa shape index (κ3) is 4.55. The molecule has 0 radical (unpaired) electrons.